The molecule has 3 aromatic rings. The molecule has 0 saturated heterocycles. The molecule has 0 radical (unpaired) electrons. The van der Waals surface area contributed by atoms with E-state index in [4.69, 9.17) is 0 Å². The lowest BCUT2D eigenvalue weighted by Gasteiger charge is -2.15. The van der Waals surface area contributed by atoms with Crippen molar-refractivity contribution < 1.29 is 9.18 Å². The zero-order chi connectivity index (χ0) is 19.0. The summed E-state index contributed by atoms with van der Waals surface area (Å²) < 4.78 is 13.6. The Morgan fingerprint density at radius 1 is 1.30 bits per heavy atom. The van der Waals surface area contributed by atoms with E-state index in [2.05, 4.69) is 34.0 Å². The molecule has 4 rings (SSSR count). The Balaban J connectivity index is 1.57. The van der Waals surface area contributed by atoms with Gasteiger partial charge >= 0.3 is 0 Å². The molecule has 7 heteroatoms. The van der Waals surface area contributed by atoms with Gasteiger partial charge in [-0.05, 0) is 18.1 Å². The highest BCUT2D eigenvalue weighted by Crippen LogP contribution is 2.27. The number of H-pyrrole nitrogens is 1. The molecule has 1 aliphatic rings. The van der Waals surface area contributed by atoms with E-state index in [1.807, 2.05) is 6.20 Å². The monoisotopic (exact) mass is 365 g/mol. The van der Waals surface area contributed by atoms with Crippen LogP contribution >= 0.6 is 0 Å². The van der Waals surface area contributed by atoms with Crippen molar-refractivity contribution in [2.24, 2.45) is 5.92 Å². The molecule has 0 spiro atoms. The van der Waals surface area contributed by atoms with Crippen molar-refractivity contribution in [3.63, 3.8) is 0 Å². The maximum Gasteiger partial charge on any atom is 0.258 e. The van der Waals surface area contributed by atoms with Crippen molar-refractivity contribution in [2.75, 3.05) is 0 Å². The number of nitrogens with one attached hydrogen (secondary N) is 1. The molecule has 3 heterocycles. The summed E-state index contributed by atoms with van der Waals surface area (Å²) >= 11 is 0. The van der Waals surface area contributed by atoms with Crippen LogP contribution in [-0.4, -0.2) is 31.0 Å². The van der Waals surface area contributed by atoms with Crippen LogP contribution in [0.5, 0.6) is 0 Å². The van der Waals surface area contributed by atoms with Gasteiger partial charge in [-0.25, -0.2) is 14.4 Å². The van der Waals surface area contributed by atoms with Crippen LogP contribution in [0.3, 0.4) is 0 Å². The molecule has 1 amide bonds. The first-order valence-electron chi connectivity index (χ1n) is 8.93. The van der Waals surface area contributed by atoms with Crippen molar-refractivity contribution >= 4 is 5.91 Å². The molecule has 0 fully saturated rings. The number of carbonyl (C=O) groups is 1. The first-order chi connectivity index (χ1) is 13.0. The fraction of sp³-hybridized carbons (Fsp3) is 0.300. The predicted molar refractivity (Wildman–Crippen MR) is 98.1 cm³/mol. The lowest BCUT2D eigenvalue weighted by atomic mass is 10.1. The first kappa shape index (κ1) is 17.3. The molecule has 1 N–H and O–H groups in total. The third-order valence-electron chi connectivity index (χ3n) is 4.57. The lowest BCUT2D eigenvalue weighted by Crippen LogP contribution is -2.25. The number of hydrogen-bond acceptors (Lipinski definition) is 4. The second-order valence-electron chi connectivity index (χ2n) is 7.19. The average molecular weight is 365 g/mol. The van der Waals surface area contributed by atoms with Crippen molar-refractivity contribution in [3.05, 3.63) is 65.1 Å². The highest BCUT2D eigenvalue weighted by molar-refractivity contribution is 5.99. The summed E-state index contributed by atoms with van der Waals surface area (Å²) in [4.78, 5) is 23.8. The molecule has 1 aromatic carbocycles. The Labute approximate surface area is 156 Å². The quantitative estimate of drug-likeness (QED) is 0.769. The topological polar surface area (TPSA) is 74.8 Å². The number of aromatic nitrogens is 4. The van der Waals surface area contributed by atoms with Gasteiger partial charge in [0.2, 0.25) is 0 Å². The van der Waals surface area contributed by atoms with Crippen LogP contribution in [0, 0.1) is 11.7 Å². The second-order valence-corrected chi connectivity index (χ2v) is 7.19. The Kier molecular flexibility index (Phi) is 4.43. The minimum atomic E-state index is -0.359. The van der Waals surface area contributed by atoms with E-state index in [0.29, 0.717) is 35.8 Å². The molecule has 6 nitrogen and oxygen atoms in total. The molecule has 27 heavy (non-hydrogen) atoms. The van der Waals surface area contributed by atoms with Crippen LogP contribution in [0.25, 0.3) is 11.3 Å². The molecule has 0 unspecified atom stereocenters. The number of aromatic amines is 1. The summed E-state index contributed by atoms with van der Waals surface area (Å²) in [6.07, 6.45) is 4.12. The van der Waals surface area contributed by atoms with Gasteiger partial charge in [0.05, 0.1) is 29.7 Å². The highest BCUT2D eigenvalue weighted by Gasteiger charge is 2.28. The number of halogens is 1. The number of amides is 1. The van der Waals surface area contributed by atoms with Crippen molar-refractivity contribution in [1.29, 1.82) is 0 Å². The molecule has 0 aliphatic carbocycles. The second kappa shape index (κ2) is 6.90. The Morgan fingerprint density at radius 2 is 2.15 bits per heavy atom. The summed E-state index contributed by atoms with van der Waals surface area (Å²) in [5.74, 6) is 0.761. The van der Waals surface area contributed by atoms with Crippen molar-refractivity contribution in [2.45, 2.75) is 33.4 Å². The van der Waals surface area contributed by atoms with Crippen LogP contribution in [-0.2, 0) is 19.5 Å². The summed E-state index contributed by atoms with van der Waals surface area (Å²) in [6, 6.07) is 6.10. The Morgan fingerprint density at radius 3 is 2.93 bits per heavy atom. The van der Waals surface area contributed by atoms with Gasteiger partial charge in [0.25, 0.3) is 5.91 Å². The van der Waals surface area contributed by atoms with Gasteiger partial charge in [-0.1, -0.05) is 26.0 Å². The van der Waals surface area contributed by atoms with Crippen LogP contribution in [0.1, 0.15) is 41.3 Å². The van der Waals surface area contributed by atoms with Crippen LogP contribution in [0.2, 0.25) is 0 Å². The largest absolute Gasteiger partial charge is 0.328 e. The van der Waals surface area contributed by atoms with E-state index in [1.165, 1.54) is 18.3 Å². The molecular weight excluding hydrogens is 345 g/mol. The standard InChI is InChI=1S/C20H20FN5O/c1-12(2)6-18-22-8-14-10-26(11-17(14)24-18)20(27)16-9-23-25-19(16)13-4-3-5-15(21)7-13/h3-5,7-9,12H,6,10-11H2,1-2H3,(H,23,25). The first-order valence-corrected chi connectivity index (χ1v) is 8.93. The van der Waals surface area contributed by atoms with Gasteiger partial charge < -0.3 is 4.90 Å². The Hall–Kier alpha value is -3.09. The van der Waals surface area contributed by atoms with Gasteiger partial charge in [0, 0.05) is 30.3 Å². The van der Waals surface area contributed by atoms with E-state index in [-0.39, 0.29) is 11.7 Å². The van der Waals surface area contributed by atoms with Gasteiger partial charge in [-0.2, -0.15) is 5.10 Å². The maximum atomic E-state index is 13.6. The minimum absolute atomic E-state index is 0.161. The van der Waals surface area contributed by atoms with E-state index in [9.17, 15) is 9.18 Å². The number of benzene rings is 1. The smallest absolute Gasteiger partial charge is 0.258 e. The maximum absolute atomic E-state index is 13.6. The molecule has 138 valence electrons. The highest BCUT2D eigenvalue weighted by atomic mass is 19.1. The van der Waals surface area contributed by atoms with Gasteiger partial charge in [-0.15, -0.1) is 0 Å². The zero-order valence-electron chi connectivity index (χ0n) is 15.2. The third-order valence-corrected chi connectivity index (χ3v) is 4.57. The molecule has 1 aliphatic heterocycles. The average Bonchev–Trinajstić information content (AvgIpc) is 3.27. The number of fused-ring (bicyclic) bond motifs is 1. The summed E-state index contributed by atoms with van der Waals surface area (Å²) in [5.41, 5.74) is 3.38. The van der Waals surface area contributed by atoms with Crippen molar-refractivity contribution in [1.82, 2.24) is 25.1 Å². The summed E-state index contributed by atoms with van der Waals surface area (Å²) in [5, 5.41) is 6.81. The molecule has 0 atom stereocenters. The molecule has 0 saturated carbocycles. The van der Waals surface area contributed by atoms with E-state index in [0.717, 1.165) is 23.5 Å². The zero-order valence-corrected chi connectivity index (χ0v) is 15.2. The van der Waals surface area contributed by atoms with Crippen molar-refractivity contribution in [3.8, 4) is 11.3 Å². The molecule has 2 aromatic heterocycles. The summed E-state index contributed by atoms with van der Waals surface area (Å²) in [7, 11) is 0. The van der Waals surface area contributed by atoms with E-state index >= 15 is 0 Å². The van der Waals surface area contributed by atoms with Crippen LogP contribution in [0.4, 0.5) is 4.39 Å². The van der Waals surface area contributed by atoms with Crippen LogP contribution in [0.15, 0.2) is 36.7 Å². The van der Waals surface area contributed by atoms with E-state index in [1.54, 1.807) is 17.0 Å². The number of rotatable bonds is 4. The Bertz CT molecular complexity index is 998. The number of nitrogens with zero attached hydrogens (tertiary/aromatic N) is 4. The van der Waals surface area contributed by atoms with Gasteiger partial charge in [0.1, 0.15) is 11.6 Å². The fourth-order valence-electron chi connectivity index (χ4n) is 3.28. The SMILES string of the molecule is CC(C)Cc1ncc2c(n1)CN(C(=O)c1cn[nH]c1-c1cccc(F)c1)C2. The fourth-order valence-corrected chi connectivity index (χ4v) is 3.28. The minimum Gasteiger partial charge on any atom is -0.328 e. The molecule has 0 bridgehead atoms. The normalized spacial score (nSPS) is 13.3. The number of hydrogen-bond donors (Lipinski definition) is 1. The third kappa shape index (κ3) is 3.45. The molecular formula is C20H20FN5O. The van der Waals surface area contributed by atoms with Gasteiger partial charge in [-0.3, -0.25) is 9.89 Å². The number of carbonyl (C=O) groups excluding carboxylic acids is 1. The van der Waals surface area contributed by atoms with Crippen LogP contribution < -0.4 is 0 Å². The lowest BCUT2D eigenvalue weighted by molar-refractivity contribution is 0.0751. The predicted octanol–water partition coefficient (Wildman–Crippen LogP) is 3.36. The summed E-state index contributed by atoms with van der Waals surface area (Å²) in [6.45, 7) is 5.15. The van der Waals surface area contributed by atoms with E-state index < -0.39 is 0 Å². The van der Waals surface area contributed by atoms with Gasteiger partial charge in [0.15, 0.2) is 0 Å².